The lowest BCUT2D eigenvalue weighted by atomic mass is 10.0. The van der Waals surface area contributed by atoms with Crippen LogP contribution in [-0.2, 0) is 27.5 Å². The van der Waals surface area contributed by atoms with E-state index < -0.39 is 30.2 Å². The van der Waals surface area contributed by atoms with Crippen molar-refractivity contribution in [2.75, 3.05) is 6.54 Å². The minimum Gasteiger partial charge on any atom is -0.480 e. The number of aliphatic carboxylic acids is 2. The van der Waals surface area contributed by atoms with Crippen LogP contribution >= 0.6 is 0 Å². The van der Waals surface area contributed by atoms with Gasteiger partial charge in [0.05, 0.1) is 0 Å². The van der Waals surface area contributed by atoms with Crippen molar-refractivity contribution in [2.45, 2.75) is 46.4 Å². The molecule has 2 N–H and O–H groups in total. The predicted molar refractivity (Wildman–Crippen MR) is 113 cm³/mol. The summed E-state index contributed by atoms with van der Waals surface area (Å²) in [6.07, 6.45) is -0.742. The summed E-state index contributed by atoms with van der Waals surface area (Å²) in [5, 5.41) is 18.5. The summed E-state index contributed by atoms with van der Waals surface area (Å²) in [6.45, 7) is 5.97. The molecule has 0 aliphatic carbocycles. The molecule has 0 aliphatic heterocycles. The summed E-state index contributed by atoms with van der Waals surface area (Å²) in [6, 6.07) is 12.6. The first-order chi connectivity index (χ1) is 14.5. The lowest BCUT2D eigenvalue weighted by molar-refractivity contribution is -0.152. The number of nitrogens with zero attached hydrogens (tertiary/aromatic N) is 1. The van der Waals surface area contributed by atoms with Gasteiger partial charge in [-0.1, -0.05) is 42.5 Å². The van der Waals surface area contributed by atoms with E-state index in [4.69, 9.17) is 9.47 Å². The van der Waals surface area contributed by atoms with Crippen molar-refractivity contribution >= 4 is 18.0 Å². The van der Waals surface area contributed by atoms with Crippen LogP contribution in [0.4, 0.5) is 4.79 Å². The number of amides is 1. The highest BCUT2D eigenvalue weighted by molar-refractivity contribution is 5.77. The molecule has 0 saturated carbocycles. The van der Waals surface area contributed by atoms with Gasteiger partial charge >= 0.3 is 18.0 Å². The third kappa shape index (κ3) is 6.74. The number of ether oxygens (including phenoxy) is 2. The maximum atomic E-state index is 12.5. The second-order valence-corrected chi connectivity index (χ2v) is 7.77. The van der Waals surface area contributed by atoms with Gasteiger partial charge in [0.2, 0.25) is 0 Å². The molecular weight excluding hydrogens is 402 g/mol. The molecule has 0 bridgehead atoms. The first kappa shape index (κ1) is 23.7. The van der Waals surface area contributed by atoms with E-state index in [-0.39, 0.29) is 13.2 Å². The molecule has 0 atom stereocenters. The predicted octanol–water partition coefficient (Wildman–Crippen LogP) is 3.77. The molecule has 0 unspecified atom stereocenters. The number of hydrogen-bond acceptors (Lipinski definition) is 5. The molecule has 8 heteroatoms. The standard InChI is InChI=1S/C23H27NO7/c1-15-10-18(11-16(2)20(15)31-23(3,4)21(27)28)12-24(13-19(25)26)22(29)30-14-17-8-6-5-7-9-17/h5-11H,12-14H2,1-4H3,(H,25,26)(H,27,28). The Bertz CT molecular complexity index is 931. The molecular formula is C23H27NO7. The third-order valence-corrected chi connectivity index (χ3v) is 4.56. The molecule has 2 aromatic rings. The molecule has 0 radical (unpaired) electrons. The van der Waals surface area contributed by atoms with Crippen molar-refractivity contribution < 1.29 is 34.1 Å². The van der Waals surface area contributed by atoms with E-state index in [9.17, 15) is 24.6 Å². The summed E-state index contributed by atoms with van der Waals surface area (Å²) < 4.78 is 11.0. The van der Waals surface area contributed by atoms with Gasteiger partial charge in [0.1, 0.15) is 18.9 Å². The van der Waals surface area contributed by atoms with Crippen molar-refractivity contribution in [3.05, 3.63) is 64.7 Å². The molecule has 0 aliphatic rings. The van der Waals surface area contributed by atoms with Gasteiger partial charge in [0, 0.05) is 6.54 Å². The van der Waals surface area contributed by atoms with Crippen LogP contribution < -0.4 is 4.74 Å². The van der Waals surface area contributed by atoms with Gasteiger partial charge in [-0.25, -0.2) is 9.59 Å². The Labute approximate surface area is 181 Å². The zero-order chi connectivity index (χ0) is 23.2. The van der Waals surface area contributed by atoms with Gasteiger partial charge in [-0.05, 0) is 49.9 Å². The molecule has 31 heavy (non-hydrogen) atoms. The quantitative estimate of drug-likeness (QED) is 0.624. The molecule has 2 aromatic carbocycles. The minimum atomic E-state index is -1.41. The molecule has 0 aromatic heterocycles. The number of carbonyl (C=O) groups is 3. The zero-order valence-corrected chi connectivity index (χ0v) is 18.0. The third-order valence-electron chi connectivity index (χ3n) is 4.56. The zero-order valence-electron chi connectivity index (χ0n) is 18.0. The van der Waals surface area contributed by atoms with Crippen molar-refractivity contribution in [1.29, 1.82) is 0 Å². The fourth-order valence-electron chi connectivity index (χ4n) is 2.97. The van der Waals surface area contributed by atoms with E-state index in [1.165, 1.54) is 13.8 Å². The van der Waals surface area contributed by atoms with Crippen LogP contribution in [0, 0.1) is 13.8 Å². The second kappa shape index (κ2) is 9.97. The van der Waals surface area contributed by atoms with Gasteiger partial charge in [-0.15, -0.1) is 0 Å². The van der Waals surface area contributed by atoms with Crippen LogP contribution in [0.1, 0.15) is 36.1 Å². The smallest absolute Gasteiger partial charge is 0.410 e. The van der Waals surface area contributed by atoms with Crippen LogP contribution in [0.15, 0.2) is 42.5 Å². The summed E-state index contributed by atoms with van der Waals surface area (Å²) in [5.74, 6) is -1.81. The fraction of sp³-hybridized carbons (Fsp3) is 0.348. The Morgan fingerprint density at radius 3 is 2.06 bits per heavy atom. The Morgan fingerprint density at radius 2 is 1.55 bits per heavy atom. The highest BCUT2D eigenvalue weighted by Gasteiger charge is 2.30. The van der Waals surface area contributed by atoms with Crippen molar-refractivity contribution in [3.8, 4) is 5.75 Å². The molecule has 1 amide bonds. The van der Waals surface area contributed by atoms with Gasteiger partial charge in [-0.3, -0.25) is 9.69 Å². The summed E-state index contributed by atoms with van der Waals surface area (Å²) >= 11 is 0. The van der Waals surface area contributed by atoms with Crippen molar-refractivity contribution in [2.24, 2.45) is 0 Å². The number of carboxylic acid groups (broad SMARTS) is 2. The topological polar surface area (TPSA) is 113 Å². The van der Waals surface area contributed by atoms with Gasteiger partial charge in [0.25, 0.3) is 0 Å². The summed E-state index contributed by atoms with van der Waals surface area (Å²) in [4.78, 5) is 36.2. The number of aryl methyl sites for hydroxylation is 2. The maximum Gasteiger partial charge on any atom is 0.410 e. The molecule has 2 rings (SSSR count). The Balaban J connectivity index is 2.17. The minimum absolute atomic E-state index is 0.0181. The van der Waals surface area contributed by atoms with Gasteiger partial charge in [0.15, 0.2) is 5.60 Å². The average molecular weight is 429 g/mol. The second-order valence-electron chi connectivity index (χ2n) is 7.77. The van der Waals surface area contributed by atoms with Gasteiger partial charge < -0.3 is 19.7 Å². The number of rotatable bonds is 9. The van der Waals surface area contributed by atoms with Gasteiger partial charge in [-0.2, -0.15) is 0 Å². The Kier molecular flexibility index (Phi) is 7.63. The first-order valence-corrected chi connectivity index (χ1v) is 9.69. The molecule has 0 saturated heterocycles. The van der Waals surface area contributed by atoms with Crippen LogP contribution in [0.5, 0.6) is 5.75 Å². The van der Waals surface area contributed by atoms with E-state index in [1.807, 2.05) is 18.2 Å². The monoisotopic (exact) mass is 429 g/mol. The van der Waals surface area contributed by atoms with Crippen LogP contribution in [-0.4, -0.2) is 45.3 Å². The van der Waals surface area contributed by atoms with Crippen molar-refractivity contribution in [1.82, 2.24) is 4.90 Å². The fourth-order valence-corrected chi connectivity index (χ4v) is 2.97. The van der Waals surface area contributed by atoms with E-state index in [1.54, 1.807) is 38.1 Å². The highest BCUT2D eigenvalue weighted by atomic mass is 16.6. The van der Waals surface area contributed by atoms with Crippen molar-refractivity contribution in [3.63, 3.8) is 0 Å². The lowest BCUT2D eigenvalue weighted by Crippen LogP contribution is -2.38. The van der Waals surface area contributed by atoms with E-state index in [2.05, 4.69) is 0 Å². The summed E-state index contributed by atoms with van der Waals surface area (Å²) in [5.41, 5.74) is 1.41. The number of carbonyl (C=O) groups excluding carboxylic acids is 1. The van der Waals surface area contributed by atoms with E-state index in [0.717, 1.165) is 10.5 Å². The molecule has 8 nitrogen and oxygen atoms in total. The molecule has 0 spiro atoms. The Morgan fingerprint density at radius 1 is 0.968 bits per heavy atom. The molecule has 166 valence electrons. The average Bonchev–Trinajstić information content (AvgIpc) is 2.69. The molecule has 0 heterocycles. The van der Waals surface area contributed by atoms with Crippen LogP contribution in [0.2, 0.25) is 0 Å². The highest BCUT2D eigenvalue weighted by Crippen LogP contribution is 2.29. The lowest BCUT2D eigenvalue weighted by Gasteiger charge is -2.25. The number of benzene rings is 2. The number of carboxylic acids is 2. The molecule has 0 fully saturated rings. The Hall–Kier alpha value is -3.55. The van der Waals surface area contributed by atoms with E-state index in [0.29, 0.717) is 22.4 Å². The SMILES string of the molecule is Cc1cc(CN(CC(=O)O)C(=O)OCc2ccccc2)cc(C)c1OC(C)(C)C(=O)O. The van der Waals surface area contributed by atoms with Crippen LogP contribution in [0.25, 0.3) is 0 Å². The van der Waals surface area contributed by atoms with E-state index >= 15 is 0 Å². The normalized spacial score (nSPS) is 11.0. The number of hydrogen-bond donors (Lipinski definition) is 2. The van der Waals surface area contributed by atoms with Crippen LogP contribution in [0.3, 0.4) is 0 Å². The first-order valence-electron chi connectivity index (χ1n) is 9.69. The largest absolute Gasteiger partial charge is 0.480 e. The summed E-state index contributed by atoms with van der Waals surface area (Å²) in [7, 11) is 0. The maximum absolute atomic E-state index is 12.5.